The smallest absolute Gasteiger partial charge is 0.347 e. The maximum atomic E-state index is 13.2. The highest BCUT2D eigenvalue weighted by Crippen LogP contribution is 2.24. The van der Waals surface area contributed by atoms with E-state index in [0.717, 1.165) is 82.6 Å². The van der Waals surface area contributed by atoms with E-state index in [1.165, 1.54) is 15.7 Å². The van der Waals surface area contributed by atoms with E-state index in [-0.39, 0.29) is 17.1 Å². The summed E-state index contributed by atoms with van der Waals surface area (Å²) in [5.41, 5.74) is -0.830. The molecule has 1 aromatic heterocycles. The van der Waals surface area contributed by atoms with Gasteiger partial charge in [-0.1, -0.05) is 90.7 Å². The third-order valence-corrected chi connectivity index (χ3v) is 7.68. The molecule has 9 nitrogen and oxygen atoms in total. The first-order valence-electron chi connectivity index (χ1n) is 16.2. The number of carboxylic acid groups (broad SMARTS) is 1. The Morgan fingerprint density at radius 3 is 2.21 bits per heavy atom. The van der Waals surface area contributed by atoms with Crippen molar-refractivity contribution in [2.24, 2.45) is 0 Å². The number of hydrogen-bond acceptors (Lipinski definition) is 6. The molecule has 42 heavy (non-hydrogen) atoms. The fraction of sp³-hybridized carbons (Fsp3) is 0.697. The molecule has 1 atom stereocenters. The number of aryl methyl sites for hydroxylation is 2. The Balaban J connectivity index is 2.00. The van der Waals surface area contributed by atoms with E-state index in [4.69, 9.17) is 4.74 Å². The summed E-state index contributed by atoms with van der Waals surface area (Å²) in [6.07, 6.45) is 14.2. The summed E-state index contributed by atoms with van der Waals surface area (Å²) in [7, 11) is 0. The van der Waals surface area contributed by atoms with Crippen LogP contribution in [0.25, 0.3) is 0 Å². The molecule has 0 spiro atoms. The molecule has 2 N–H and O–H groups in total. The normalized spacial score (nSPS) is 12.7. The summed E-state index contributed by atoms with van der Waals surface area (Å²) < 4.78 is 8.72. The third kappa shape index (κ3) is 11.6. The van der Waals surface area contributed by atoms with Crippen LogP contribution < -0.4 is 21.3 Å². The first kappa shape index (κ1) is 35.1. The van der Waals surface area contributed by atoms with E-state index in [2.05, 4.69) is 24.3 Å². The van der Waals surface area contributed by atoms with E-state index in [9.17, 15) is 19.5 Å². The lowest BCUT2D eigenvalue weighted by Crippen LogP contribution is -2.43. The van der Waals surface area contributed by atoms with Crippen LogP contribution in [0.15, 0.2) is 33.9 Å². The highest BCUT2D eigenvalue weighted by atomic mass is 16.5. The second-order valence-electron chi connectivity index (χ2n) is 11.6. The fourth-order valence-electron chi connectivity index (χ4n) is 5.12. The number of benzene rings is 1. The van der Waals surface area contributed by atoms with Crippen molar-refractivity contribution >= 4 is 11.8 Å². The van der Waals surface area contributed by atoms with Crippen molar-refractivity contribution in [2.45, 2.75) is 143 Å². The van der Waals surface area contributed by atoms with Gasteiger partial charge in [-0.3, -0.25) is 9.36 Å². The van der Waals surface area contributed by atoms with Gasteiger partial charge in [0.2, 0.25) is 11.4 Å². The average molecular weight is 587 g/mol. The lowest BCUT2D eigenvalue weighted by molar-refractivity contribution is -0.154. The van der Waals surface area contributed by atoms with Gasteiger partial charge in [-0.25, -0.2) is 14.3 Å². The van der Waals surface area contributed by atoms with E-state index in [1.807, 2.05) is 25.1 Å². The standard InChI is InChI=1S/C33H54N4O5/c1-5-8-10-12-16-24-36-30(38)29(35-37(32(36)41)25-17-13-11-9-6-2)34-23-15-14-19-27-20-18-21-28(26-27)42-33(4,22-7-3)31(39)40/h18,20-21,26H,5-17,19,22-25H2,1-4H3,(H,34,35)(H,39,40). The molecular formula is C33H54N4O5. The summed E-state index contributed by atoms with van der Waals surface area (Å²) in [6, 6.07) is 7.59. The van der Waals surface area contributed by atoms with E-state index >= 15 is 0 Å². The molecule has 0 bridgehead atoms. The van der Waals surface area contributed by atoms with Crippen molar-refractivity contribution in [1.82, 2.24) is 14.3 Å². The molecule has 9 heteroatoms. The predicted octanol–water partition coefficient (Wildman–Crippen LogP) is 6.80. The predicted molar refractivity (Wildman–Crippen MR) is 170 cm³/mol. The number of aromatic nitrogens is 3. The number of rotatable bonds is 23. The number of unbranched alkanes of at least 4 members (excludes halogenated alkanes) is 9. The van der Waals surface area contributed by atoms with Gasteiger partial charge in [0.15, 0.2) is 0 Å². The number of ether oxygens (including phenoxy) is 1. The third-order valence-electron chi connectivity index (χ3n) is 7.68. The number of hydrogen-bond donors (Lipinski definition) is 2. The number of aliphatic carboxylic acids is 1. The van der Waals surface area contributed by atoms with Gasteiger partial charge in [0.05, 0.1) is 0 Å². The van der Waals surface area contributed by atoms with E-state index in [1.54, 1.807) is 13.0 Å². The zero-order valence-corrected chi connectivity index (χ0v) is 26.5. The van der Waals surface area contributed by atoms with Crippen LogP contribution in [0.2, 0.25) is 0 Å². The van der Waals surface area contributed by atoms with Crippen LogP contribution >= 0.6 is 0 Å². The molecule has 0 aliphatic carbocycles. The van der Waals surface area contributed by atoms with Gasteiger partial charge < -0.3 is 15.2 Å². The molecule has 0 saturated heterocycles. The molecule has 0 fully saturated rings. The lowest BCUT2D eigenvalue weighted by Gasteiger charge is -2.26. The van der Waals surface area contributed by atoms with Crippen molar-refractivity contribution < 1.29 is 14.6 Å². The van der Waals surface area contributed by atoms with Crippen molar-refractivity contribution in [3.8, 4) is 5.75 Å². The molecule has 236 valence electrons. The van der Waals surface area contributed by atoms with Crippen LogP contribution in [0.4, 0.5) is 5.82 Å². The molecule has 0 amide bonds. The van der Waals surface area contributed by atoms with Gasteiger partial charge in [-0.15, -0.1) is 5.10 Å². The van der Waals surface area contributed by atoms with Crippen molar-refractivity contribution in [3.05, 3.63) is 50.7 Å². The lowest BCUT2D eigenvalue weighted by atomic mass is 10.0. The minimum absolute atomic E-state index is 0.246. The zero-order chi connectivity index (χ0) is 30.8. The molecule has 0 saturated carbocycles. The number of carbonyl (C=O) groups is 1. The molecule has 1 heterocycles. The summed E-state index contributed by atoms with van der Waals surface area (Å²) in [5.74, 6) is -0.163. The minimum Gasteiger partial charge on any atom is -0.478 e. The van der Waals surface area contributed by atoms with Crippen LogP contribution in [0, 0.1) is 0 Å². The Kier molecular flexibility index (Phi) is 16.0. The first-order valence-corrected chi connectivity index (χ1v) is 16.2. The average Bonchev–Trinajstić information content (AvgIpc) is 2.96. The van der Waals surface area contributed by atoms with Crippen LogP contribution in [0.3, 0.4) is 0 Å². The second kappa shape index (κ2) is 19.2. The van der Waals surface area contributed by atoms with E-state index in [0.29, 0.717) is 38.2 Å². The van der Waals surface area contributed by atoms with Gasteiger partial charge in [0.25, 0.3) is 5.56 Å². The fourth-order valence-corrected chi connectivity index (χ4v) is 5.12. The molecular weight excluding hydrogens is 532 g/mol. The maximum Gasteiger partial charge on any atom is 0.347 e. The minimum atomic E-state index is -1.25. The quantitative estimate of drug-likeness (QED) is 0.138. The van der Waals surface area contributed by atoms with Crippen molar-refractivity contribution in [1.29, 1.82) is 0 Å². The summed E-state index contributed by atoms with van der Waals surface area (Å²) >= 11 is 0. The van der Waals surface area contributed by atoms with Crippen molar-refractivity contribution in [3.63, 3.8) is 0 Å². The monoisotopic (exact) mass is 586 g/mol. The van der Waals surface area contributed by atoms with Gasteiger partial charge in [-0.2, -0.15) is 0 Å². The van der Waals surface area contributed by atoms with Crippen LogP contribution in [0.1, 0.15) is 123 Å². The number of anilines is 1. The Bertz CT molecular complexity index is 1190. The van der Waals surface area contributed by atoms with E-state index < -0.39 is 11.6 Å². The molecule has 0 aliphatic heterocycles. The SMILES string of the molecule is CCCCCCCn1nc(NCCCCc2cccc(OC(C)(CCC)C(=O)O)c2)c(=O)n(CCCCCCC)c1=O. The Hall–Kier alpha value is -3.10. The highest BCUT2D eigenvalue weighted by Gasteiger charge is 2.34. The summed E-state index contributed by atoms with van der Waals surface area (Å²) in [5, 5.41) is 17.3. The molecule has 1 unspecified atom stereocenters. The van der Waals surface area contributed by atoms with Gasteiger partial charge in [-0.05, 0) is 63.1 Å². The van der Waals surface area contributed by atoms with Crippen molar-refractivity contribution in [2.75, 3.05) is 11.9 Å². The molecule has 1 aromatic carbocycles. The molecule has 2 aromatic rings. The number of carboxylic acids is 1. The first-order chi connectivity index (χ1) is 20.3. The van der Waals surface area contributed by atoms with Crippen LogP contribution in [-0.4, -0.2) is 37.6 Å². The second-order valence-corrected chi connectivity index (χ2v) is 11.6. The Labute approximate surface area is 251 Å². The summed E-state index contributed by atoms with van der Waals surface area (Å²) in [6.45, 7) is 9.41. The van der Waals surface area contributed by atoms with Gasteiger partial charge in [0, 0.05) is 19.6 Å². The largest absolute Gasteiger partial charge is 0.478 e. The zero-order valence-electron chi connectivity index (χ0n) is 26.5. The number of nitrogens with zero attached hydrogens (tertiary/aromatic N) is 3. The molecule has 0 aliphatic rings. The molecule has 0 radical (unpaired) electrons. The summed E-state index contributed by atoms with van der Waals surface area (Å²) in [4.78, 5) is 38.0. The van der Waals surface area contributed by atoms with Gasteiger partial charge >= 0.3 is 11.7 Å². The molecule has 2 rings (SSSR count). The Morgan fingerprint density at radius 2 is 1.57 bits per heavy atom. The maximum absolute atomic E-state index is 13.2. The Morgan fingerprint density at radius 1 is 0.905 bits per heavy atom. The van der Waals surface area contributed by atoms with Gasteiger partial charge in [0.1, 0.15) is 5.75 Å². The number of nitrogens with one attached hydrogen (secondary N) is 1. The topological polar surface area (TPSA) is 115 Å². The van der Waals surface area contributed by atoms with Crippen LogP contribution in [0.5, 0.6) is 5.75 Å². The van der Waals surface area contributed by atoms with Crippen LogP contribution in [-0.2, 0) is 24.3 Å². The highest BCUT2D eigenvalue weighted by molar-refractivity contribution is 5.77.